The molecule has 1 aromatic carbocycles. The number of hydrogen-bond acceptors (Lipinski definition) is 3. The molecule has 1 aromatic rings. The molecule has 0 saturated carbocycles. The molecule has 0 radical (unpaired) electrons. The van der Waals surface area contributed by atoms with Gasteiger partial charge in [-0.1, -0.05) is 15.9 Å². The highest BCUT2D eigenvalue weighted by Gasteiger charge is 2.17. The second kappa shape index (κ2) is 6.04. The van der Waals surface area contributed by atoms with Crippen molar-refractivity contribution in [1.29, 1.82) is 0 Å². The molecule has 0 bridgehead atoms. The quantitative estimate of drug-likeness (QED) is 0.928. The van der Waals surface area contributed by atoms with Crippen molar-refractivity contribution >= 4 is 15.9 Å². The van der Waals surface area contributed by atoms with Crippen molar-refractivity contribution in [2.24, 2.45) is 0 Å². The Kier molecular flexibility index (Phi) is 4.65. The van der Waals surface area contributed by atoms with Gasteiger partial charge in [-0.15, -0.1) is 0 Å². The van der Waals surface area contributed by atoms with E-state index in [1.807, 2.05) is 0 Å². The molecule has 1 N–H and O–H groups in total. The van der Waals surface area contributed by atoms with Gasteiger partial charge in [0.05, 0.1) is 7.11 Å². The largest absolute Gasteiger partial charge is 0.496 e. The van der Waals surface area contributed by atoms with E-state index >= 15 is 0 Å². The third-order valence-electron chi connectivity index (χ3n) is 3.59. The summed E-state index contributed by atoms with van der Waals surface area (Å²) in [4.78, 5) is 2.48. The van der Waals surface area contributed by atoms with Crippen LogP contribution in [0.25, 0.3) is 0 Å². The molecule has 1 aliphatic heterocycles. The van der Waals surface area contributed by atoms with E-state index in [2.05, 4.69) is 46.1 Å². The Bertz CT molecular complexity index is 428. The van der Waals surface area contributed by atoms with E-state index in [-0.39, 0.29) is 0 Å². The third-order valence-corrected chi connectivity index (χ3v) is 4.41. The molecule has 0 amide bonds. The van der Waals surface area contributed by atoms with Gasteiger partial charge in [-0.3, -0.25) is 4.90 Å². The second-order valence-corrected chi connectivity index (χ2v) is 5.69. The number of hydrogen-bond donors (Lipinski definition) is 1. The average Bonchev–Trinajstić information content (AvgIpc) is 2.37. The summed E-state index contributed by atoms with van der Waals surface area (Å²) in [6.07, 6.45) is 0. The summed E-state index contributed by atoms with van der Waals surface area (Å²) in [5.74, 6) is 1.03. The number of benzene rings is 1. The lowest BCUT2D eigenvalue weighted by Crippen LogP contribution is -2.43. The van der Waals surface area contributed by atoms with E-state index in [0.29, 0.717) is 0 Å². The number of nitrogens with one attached hydrogen (secondary N) is 1. The van der Waals surface area contributed by atoms with Gasteiger partial charge in [-0.25, -0.2) is 0 Å². The summed E-state index contributed by atoms with van der Waals surface area (Å²) in [6, 6.07) is 2.19. The number of methoxy groups -OCH3 is 1. The molecule has 18 heavy (non-hydrogen) atoms. The first kappa shape index (κ1) is 13.8. The van der Waals surface area contributed by atoms with Crippen LogP contribution >= 0.6 is 15.9 Å². The molecule has 0 spiro atoms. The van der Waals surface area contributed by atoms with Gasteiger partial charge in [0.2, 0.25) is 0 Å². The van der Waals surface area contributed by atoms with Crippen molar-refractivity contribution < 1.29 is 4.74 Å². The van der Waals surface area contributed by atoms with Gasteiger partial charge in [0.25, 0.3) is 0 Å². The van der Waals surface area contributed by atoms with E-state index in [9.17, 15) is 0 Å². The van der Waals surface area contributed by atoms with Crippen molar-refractivity contribution in [3.63, 3.8) is 0 Å². The first-order valence-electron chi connectivity index (χ1n) is 6.39. The summed E-state index contributed by atoms with van der Waals surface area (Å²) in [6.45, 7) is 9.61. The third kappa shape index (κ3) is 2.87. The molecular weight excluding hydrogens is 292 g/mol. The van der Waals surface area contributed by atoms with E-state index < -0.39 is 0 Å². The Morgan fingerprint density at radius 2 is 2.00 bits per heavy atom. The van der Waals surface area contributed by atoms with Crippen molar-refractivity contribution in [3.8, 4) is 5.75 Å². The zero-order valence-corrected chi connectivity index (χ0v) is 12.9. The maximum atomic E-state index is 5.61. The first-order valence-corrected chi connectivity index (χ1v) is 7.18. The Balaban J connectivity index is 2.28. The molecule has 0 unspecified atom stereocenters. The van der Waals surface area contributed by atoms with Crippen molar-refractivity contribution in [2.75, 3.05) is 33.3 Å². The Labute approximate surface area is 118 Å². The Hall–Kier alpha value is -0.580. The summed E-state index contributed by atoms with van der Waals surface area (Å²) in [7, 11) is 1.76. The first-order chi connectivity index (χ1) is 8.63. The van der Waals surface area contributed by atoms with Gasteiger partial charge in [0.1, 0.15) is 5.75 Å². The monoisotopic (exact) mass is 312 g/mol. The van der Waals surface area contributed by atoms with Gasteiger partial charge in [-0.2, -0.15) is 0 Å². The minimum Gasteiger partial charge on any atom is -0.496 e. The maximum absolute atomic E-state index is 5.61. The SMILES string of the molecule is COc1c(C)c(Br)cc(C)c1CN1CCNCC1. The fourth-order valence-electron chi connectivity index (χ4n) is 2.46. The van der Waals surface area contributed by atoms with Crippen molar-refractivity contribution in [2.45, 2.75) is 20.4 Å². The minimum atomic E-state index is 0.977. The molecule has 100 valence electrons. The summed E-state index contributed by atoms with van der Waals surface area (Å²) < 4.78 is 6.73. The molecule has 1 saturated heterocycles. The molecule has 0 aliphatic carbocycles. The number of nitrogens with zero attached hydrogens (tertiary/aromatic N) is 1. The summed E-state index contributed by atoms with van der Waals surface area (Å²) >= 11 is 3.59. The fraction of sp³-hybridized carbons (Fsp3) is 0.571. The van der Waals surface area contributed by atoms with E-state index in [1.54, 1.807) is 7.11 Å². The van der Waals surface area contributed by atoms with Gasteiger partial charge in [-0.05, 0) is 25.5 Å². The predicted molar refractivity (Wildman–Crippen MR) is 78.3 cm³/mol. The van der Waals surface area contributed by atoms with Crippen molar-refractivity contribution in [3.05, 3.63) is 27.2 Å². The average molecular weight is 313 g/mol. The van der Waals surface area contributed by atoms with Gasteiger partial charge >= 0.3 is 0 Å². The topological polar surface area (TPSA) is 24.5 Å². The van der Waals surface area contributed by atoms with E-state index in [4.69, 9.17) is 4.74 Å². The van der Waals surface area contributed by atoms with Crippen LogP contribution in [0.1, 0.15) is 16.7 Å². The van der Waals surface area contributed by atoms with Crippen LogP contribution in [0, 0.1) is 13.8 Å². The highest BCUT2D eigenvalue weighted by atomic mass is 79.9. The van der Waals surface area contributed by atoms with Crippen LogP contribution in [-0.2, 0) is 6.54 Å². The lowest BCUT2D eigenvalue weighted by molar-refractivity contribution is 0.229. The van der Waals surface area contributed by atoms with Crippen LogP contribution in [0.5, 0.6) is 5.75 Å². The molecule has 0 atom stereocenters. The van der Waals surface area contributed by atoms with Gasteiger partial charge in [0, 0.05) is 48.3 Å². The number of piperazine rings is 1. The molecule has 1 fully saturated rings. The number of aryl methyl sites for hydroxylation is 1. The Morgan fingerprint density at radius 3 is 2.61 bits per heavy atom. The van der Waals surface area contributed by atoms with E-state index in [1.165, 1.54) is 16.7 Å². The van der Waals surface area contributed by atoms with Crippen LogP contribution in [0.4, 0.5) is 0 Å². The van der Waals surface area contributed by atoms with Gasteiger partial charge in [0.15, 0.2) is 0 Å². The number of halogens is 1. The summed E-state index contributed by atoms with van der Waals surface area (Å²) in [5.41, 5.74) is 3.80. The molecule has 0 aromatic heterocycles. The molecular formula is C14H21BrN2O. The van der Waals surface area contributed by atoms with E-state index in [0.717, 1.165) is 42.9 Å². The van der Waals surface area contributed by atoms with Gasteiger partial charge < -0.3 is 10.1 Å². The van der Waals surface area contributed by atoms with Crippen LogP contribution in [-0.4, -0.2) is 38.2 Å². The highest BCUT2D eigenvalue weighted by Crippen LogP contribution is 2.33. The van der Waals surface area contributed by atoms with Crippen LogP contribution in [0.2, 0.25) is 0 Å². The zero-order valence-electron chi connectivity index (χ0n) is 11.3. The lowest BCUT2D eigenvalue weighted by Gasteiger charge is -2.29. The molecule has 1 aliphatic rings. The van der Waals surface area contributed by atoms with Crippen LogP contribution in [0.15, 0.2) is 10.5 Å². The standard InChI is InChI=1S/C14H21BrN2O/c1-10-8-13(15)11(2)14(18-3)12(10)9-17-6-4-16-5-7-17/h8,16H,4-7,9H2,1-3H3. The lowest BCUT2D eigenvalue weighted by atomic mass is 10.0. The van der Waals surface area contributed by atoms with Crippen LogP contribution in [0.3, 0.4) is 0 Å². The zero-order chi connectivity index (χ0) is 13.1. The maximum Gasteiger partial charge on any atom is 0.127 e. The Morgan fingerprint density at radius 1 is 1.33 bits per heavy atom. The normalized spacial score (nSPS) is 16.9. The second-order valence-electron chi connectivity index (χ2n) is 4.84. The predicted octanol–water partition coefficient (Wildman–Crippen LogP) is 2.48. The number of rotatable bonds is 3. The molecule has 2 rings (SSSR count). The molecule has 1 heterocycles. The van der Waals surface area contributed by atoms with Crippen LogP contribution < -0.4 is 10.1 Å². The smallest absolute Gasteiger partial charge is 0.127 e. The van der Waals surface area contributed by atoms with Crippen molar-refractivity contribution in [1.82, 2.24) is 10.2 Å². The molecule has 4 heteroatoms. The molecule has 3 nitrogen and oxygen atoms in total. The minimum absolute atomic E-state index is 0.977. The fourth-order valence-corrected chi connectivity index (χ4v) is 2.99. The summed E-state index contributed by atoms with van der Waals surface area (Å²) in [5, 5.41) is 3.38. The number of ether oxygens (including phenoxy) is 1. The highest BCUT2D eigenvalue weighted by molar-refractivity contribution is 9.10.